The standard InChI is InChI=1S/C7H8F7I/c1-4(2,15)3-5(8,9)6(10,11)7(12,13)14/h3H2,1-2H3. The highest BCUT2D eigenvalue weighted by atomic mass is 127. The van der Waals surface area contributed by atoms with Gasteiger partial charge in [-0.1, -0.05) is 36.4 Å². The van der Waals surface area contributed by atoms with Gasteiger partial charge in [0.25, 0.3) is 0 Å². The van der Waals surface area contributed by atoms with Gasteiger partial charge in [-0.25, -0.2) is 0 Å². The van der Waals surface area contributed by atoms with Crippen molar-refractivity contribution in [1.82, 2.24) is 0 Å². The second-order valence-corrected chi connectivity index (χ2v) is 6.59. The number of rotatable bonds is 3. The zero-order chi connectivity index (χ0) is 12.7. The minimum Gasteiger partial charge on any atom is -0.199 e. The fraction of sp³-hybridized carbons (Fsp3) is 1.00. The van der Waals surface area contributed by atoms with Crippen LogP contribution in [0.25, 0.3) is 0 Å². The SMILES string of the molecule is CC(C)(I)CC(F)(F)C(F)(F)C(F)(F)F. The molecule has 92 valence electrons. The maximum Gasteiger partial charge on any atom is 0.459 e. The van der Waals surface area contributed by atoms with Crippen LogP contribution in [0.5, 0.6) is 0 Å². The van der Waals surface area contributed by atoms with E-state index in [1.54, 1.807) is 0 Å². The Morgan fingerprint density at radius 1 is 0.867 bits per heavy atom. The monoisotopic (exact) mass is 352 g/mol. The zero-order valence-electron chi connectivity index (χ0n) is 7.73. The lowest BCUT2D eigenvalue weighted by Crippen LogP contribution is -2.53. The van der Waals surface area contributed by atoms with Crippen molar-refractivity contribution in [2.75, 3.05) is 0 Å². The van der Waals surface area contributed by atoms with Crippen LogP contribution < -0.4 is 0 Å². The van der Waals surface area contributed by atoms with Gasteiger partial charge in [0, 0.05) is 9.84 Å². The number of halogens is 8. The lowest BCUT2D eigenvalue weighted by Gasteiger charge is -2.31. The summed E-state index contributed by atoms with van der Waals surface area (Å²) in [5.41, 5.74) is 0. The molecule has 0 radical (unpaired) electrons. The average molecular weight is 352 g/mol. The largest absolute Gasteiger partial charge is 0.459 e. The molecule has 0 spiro atoms. The molecule has 0 aliphatic rings. The highest BCUT2D eigenvalue weighted by molar-refractivity contribution is 14.1. The molecule has 0 aliphatic heterocycles. The van der Waals surface area contributed by atoms with Crippen LogP contribution in [0.15, 0.2) is 0 Å². The van der Waals surface area contributed by atoms with Gasteiger partial charge in [-0.05, 0) is 0 Å². The first-order valence-electron chi connectivity index (χ1n) is 3.72. The molecule has 0 atom stereocenters. The quantitative estimate of drug-likeness (QED) is 0.401. The van der Waals surface area contributed by atoms with E-state index in [-0.39, 0.29) is 0 Å². The lowest BCUT2D eigenvalue weighted by atomic mass is 9.99. The molecule has 0 aromatic rings. The van der Waals surface area contributed by atoms with Crippen molar-refractivity contribution in [3.05, 3.63) is 0 Å². The second-order valence-electron chi connectivity index (χ2n) is 3.67. The molecule has 0 bridgehead atoms. The molecule has 0 unspecified atom stereocenters. The van der Waals surface area contributed by atoms with E-state index < -0.39 is 27.9 Å². The summed E-state index contributed by atoms with van der Waals surface area (Å²) in [6, 6.07) is 0. The topological polar surface area (TPSA) is 0 Å². The van der Waals surface area contributed by atoms with Gasteiger partial charge in [-0.3, -0.25) is 0 Å². The van der Waals surface area contributed by atoms with Crippen LogP contribution in [-0.4, -0.2) is 21.4 Å². The van der Waals surface area contributed by atoms with E-state index in [0.29, 0.717) is 0 Å². The lowest BCUT2D eigenvalue weighted by molar-refractivity contribution is -0.356. The van der Waals surface area contributed by atoms with E-state index in [9.17, 15) is 30.7 Å². The van der Waals surface area contributed by atoms with Crippen LogP contribution in [0.1, 0.15) is 20.3 Å². The summed E-state index contributed by atoms with van der Waals surface area (Å²) in [5.74, 6) is -11.1. The first-order chi connectivity index (χ1) is 6.21. The van der Waals surface area contributed by atoms with E-state index in [4.69, 9.17) is 0 Å². The van der Waals surface area contributed by atoms with Gasteiger partial charge in [-0.15, -0.1) is 0 Å². The van der Waals surface area contributed by atoms with Crippen molar-refractivity contribution >= 4 is 22.6 Å². The summed E-state index contributed by atoms with van der Waals surface area (Å²) in [6.07, 6.45) is -7.79. The first-order valence-corrected chi connectivity index (χ1v) is 4.80. The van der Waals surface area contributed by atoms with Crippen molar-refractivity contribution in [3.8, 4) is 0 Å². The highest BCUT2D eigenvalue weighted by Crippen LogP contribution is 2.50. The molecule has 8 heteroatoms. The highest BCUT2D eigenvalue weighted by Gasteiger charge is 2.73. The molecular formula is C7H8F7I. The van der Waals surface area contributed by atoms with Gasteiger partial charge >= 0.3 is 18.0 Å². The molecule has 0 N–H and O–H groups in total. The average Bonchev–Trinajstić information content (AvgIpc) is 1.77. The predicted molar refractivity (Wildman–Crippen MR) is 48.7 cm³/mol. The Bertz CT molecular complexity index is 224. The normalized spacial score (nSPS) is 15.6. The summed E-state index contributed by atoms with van der Waals surface area (Å²) in [4.78, 5) is 0. The van der Waals surface area contributed by atoms with Crippen molar-refractivity contribution in [2.24, 2.45) is 0 Å². The fourth-order valence-corrected chi connectivity index (χ4v) is 1.33. The van der Waals surface area contributed by atoms with Gasteiger partial charge < -0.3 is 0 Å². The molecule has 0 aliphatic carbocycles. The third-order valence-corrected chi connectivity index (χ3v) is 1.84. The minimum absolute atomic E-state index is 1.15. The third kappa shape index (κ3) is 3.63. The molecule has 0 heterocycles. The van der Waals surface area contributed by atoms with Crippen molar-refractivity contribution < 1.29 is 30.7 Å². The van der Waals surface area contributed by atoms with Crippen LogP contribution in [0.4, 0.5) is 30.7 Å². The summed E-state index contributed by atoms with van der Waals surface area (Å²) >= 11 is 1.39. The molecular weight excluding hydrogens is 344 g/mol. The molecule has 0 amide bonds. The van der Waals surface area contributed by atoms with Crippen molar-refractivity contribution in [1.29, 1.82) is 0 Å². The van der Waals surface area contributed by atoms with Gasteiger partial charge in [0.2, 0.25) is 0 Å². The molecule has 15 heavy (non-hydrogen) atoms. The first kappa shape index (κ1) is 15.2. The Morgan fingerprint density at radius 3 is 1.40 bits per heavy atom. The molecule has 0 aromatic carbocycles. The Hall–Kier alpha value is 0.240. The van der Waals surface area contributed by atoms with Crippen LogP contribution in [0.2, 0.25) is 0 Å². The van der Waals surface area contributed by atoms with E-state index in [2.05, 4.69) is 0 Å². The van der Waals surface area contributed by atoms with Gasteiger partial charge in [0.15, 0.2) is 0 Å². The van der Waals surface area contributed by atoms with Crippen LogP contribution >= 0.6 is 22.6 Å². The maximum absolute atomic E-state index is 12.7. The van der Waals surface area contributed by atoms with Crippen LogP contribution in [-0.2, 0) is 0 Å². The smallest absolute Gasteiger partial charge is 0.199 e. The number of hydrogen-bond acceptors (Lipinski definition) is 0. The third-order valence-electron chi connectivity index (χ3n) is 1.46. The fourth-order valence-electron chi connectivity index (χ4n) is 0.846. The van der Waals surface area contributed by atoms with E-state index in [0.717, 1.165) is 13.8 Å². The Morgan fingerprint density at radius 2 is 1.20 bits per heavy atom. The van der Waals surface area contributed by atoms with Crippen molar-refractivity contribution in [2.45, 2.75) is 41.7 Å². The number of alkyl halides is 8. The minimum atomic E-state index is -6.24. The summed E-state index contributed by atoms with van der Waals surface area (Å²) in [6.45, 7) is 2.29. The van der Waals surface area contributed by atoms with E-state index >= 15 is 0 Å². The van der Waals surface area contributed by atoms with Gasteiger partial charge in [0.1, 0.15) is 0 Å². The Labute approximate surface area is 95.3 Å². The predicted octanol–water partition coefficient (Wildman–Crippen LogP) is 4.42. The Kier molecular flexibility index (Phi) is 3.98. The molecule has 0 rings (SSSR count). The molecule has 0 saturated heterocycles. The molecule has 0 fully saturated rings. The second kappa shape index (κ2) is 3.92. The van der Waals surface area contributed by atoms with Gasteiger partial charge in [-0.2, -0.15) is 30.7 Å². The van der Waals surface area contributed by atoms with Crippen LogP contribution in [0, 0.1) is 0 Å². The Balaban J connectivity index is 5.03. The maximum atomic E-state index is 12.7. The summed E-state index contributed by atoms with van der Waals surface area (Å²) in [7, 11) is 0. The summed E-state index contributed by atoms with van der Waals surface area (Å²) in [5, 5.41) is 0. The van der Waals surface area contributed by atoms with Crippen LogP contribution in [0.3, 0.4) is 0 Å². The van der Waals surface area contributed by atoms with Crippen molar-refractivity contribution in [3.63, 3.8) is 0 Å². The molecule has 0 aromatic heterocycles. The van der Waals surface area contributed by atoms with Gasteiger partial charge in [0.05, 0.1) is 0 Å². The zero-order valence-corrected chi connectivity index (χ0v) is 9.89. The summed E-state index contributed by atoms with van der Waals surface area (Å²) < 4.78 is 83.8. The van der Waals surface area contributed by atoms with E-state index in [1.807, 2.05) is 0 Å². The number of hydrogen-bond donors (Lipinski definition) is 0. The molecule has 0 saturated carbocycles. The molecule has 0 nitrogen and oxygen atoms in total. The van der Waals surface area contributed by atoms with E-state index in [1.165, 1.54) is 22.6 Å².